The van der Waals surface area contributed by atoms with E-state index in [9.17, 15) is 9.90 Å². The molecule has 3 rings (SSSR count). The molecule has 0 aliphatic heterocycles. The SMILES string of the molecule is COc1cccc2c1c1c(n2CCO)CCCC1C=O. The van der Waals surface area contributed by atoms with Crippen molar-refractivity contribution in [3.63, 3.8) is 0 Å². The summed E-state index contributed by atoms with van der Waals surface area (Å²) in [5, 5.41) is 10.4. The molecule has 2 aromatic rings. The number of hydrogen-bond donors (Lipinski definition) is 1. The number of methoxy groups -OCH3 is 1. The summed E-state index contributed by atoms with van der Waals surface area (Å²) in [6.45, 7) is 0.657. The predicted molar refractivity (Wildman–Crippen MR) is 77.3 cm³/mol. The number of ether oxygens (including phenoxy) is 1. The van der Waals surface area contributed by atoms with E-state index in [4.69, 9.17) is 4.74 Å². The molecule has 1 unspecified atom stereocenters. The Morgan fingerprint density at radius 1 is 1.50 bits per heavy atom. The van der Waals surface area contributed by atoms with Gasteiger partial charge in [-0.15, -0.1) is 0 Å². The highest BCUT2D eigenvalue weighted by atomic mass is 16.5. The first-order chi connectivity index (χ1) is 9.81. The molecule has 1 atom stereocenters. The molecule has 0 spiro atoms. The Labute approximate surface area is 118 Å². The molecular weight excluding hydrogens is 254 g/mol. The summed E-state index contributed by atoms with van der Waals surface area (Å²) in [6, 6.07) is 5.92. The number of benzene rings is 1. The van der Waals surface area contributed by atoms with Gasteiger partial charge in [-0.3, -0.25) is 0 Å². The van der Waals surface area contributed by atoms with Crippen molar-refractivity contribution < 1.29 is 14.6 Å². The molecule has 20 heavy (non-hydrogen) atoms. The highest BCUT2D eigenvalue weighted by molar-refractivity contribution is 5.94. The van der Waals surface area contributed by atoms with Crippen LogP contribution in [-0.4, -0.2) is 29.7 Å². The minimum Gasteiger partial charge on any atom is -0.496 e. The van der Waals surface area contributed by atoms with Gasteiger partial charge in [0.05, 0.1) is 19.2 Å². The average molecular weight is 273 g/mol. The number of aldehydes is 1. The van der Waals surface area contributed by atoms with Gasteiger partial charge in [0.25, 0.3) is 0 Å². The quantitative estimate of drug-likeness (QED) is 0.869. The summed E-state index contributed by atoms with van der Waals surface area (Å²) in [4.78, 5) is 11.4. The van der Waals surface area contributed by atoms with E-state index in [0.717, 1.165) is 47.8 Å². The second kappa shape index (κ2) is 5.29. The highest BCUT2D eigenvalue weighted by Gasteiger charge is 2.28. The van der Waals surface area contributed by atoms with Gasteiger partial charge in [-0.2, -0.15) is 0 Å². The number of rotatable bonds is 4. The van der Waals surface area contributed by atoms with E-state index >= 15 is 0 Å². The molecule has 1 aromatic heterocycles. The molecule has 1 aliphatic rings. The van der Waals surface area contributed by atoms with Crippen LogP contribution in [0.2, 0.25) is 0 Å². The van der Waals surface area contributed by atoms with Crippen LogP contribution in [0.25, 0.3) is 10.9 Å². The fourth-order valence-corrected chi connectivity index (χ4v) is 3.41. The summed E-state index contributed by atoms with van der Waals surface area (Å²) in [6.07, 6.45) is 3.91. The van der Waals surface area contributed by atoms with Gasteiger partial charge in [-0.25, -0.2) is 0 Å². The Hall–Kier alpha value is -1.81. The van der Waals surface area contributed by atoms with Gasteiger partial charge in [-0.05, 0) is 37.0 Å². The third-order valence-corrected chi connectivity index (χ3v) is 4.21. The molecule has 1 heterocycles. The Morgan fingerprint density at radius 2 is 2.35 bits per heavy atom. The van der Waals surface area contributed by atoms with Crippen molar-refractivity contribution >= 4 is 17.2 Å². The largest absolute Gasteiger partial charge is 0.496 e. The lowest BCUT2D eigenvalue weighted by Gasteiger charge is -2.20. The molecule has 4 nitrogen and oxygen atoms in total. The lowest BCUT2D eigenvalue weighted by atomic mass is 9.86. The third kappa shape index (κ3) is 1.83. The van der Waals surface area contributed by atoms with Crippen molar-refractivity contribution in [2.24, 2.45) is 0 Å². The van der Waals surface area contributed by atoms with Crippen LogP contribution in [0.1, 0.15) is 30.0 Å². The van der Waals surface area contributed by atoms with Gasteiger partial charge in [0.2, 0.25) is 0 Å². The summed E-state index contributed by atoms with van der Waals surface area (Å²) < 4.78 is 7.63. The normalized spacial score (nSPS) is 18.0. The second-order valence-corrected chi connectivity index (χ2v) is 5.22. The standard InChI is InChI=1S/C16H19NO3/c1-20-14-7-3-6-13-16(14)15-11(10-19)4-2-5-12(15)17(13)8-9-18/h3,6-7,10-11,18H,2,4-5,8-9H2,1H3. The molecule has 0 saturated carbocycles. The molecule has 0 radical (unpaired) electrons. The molecule has 1 N–H and O–H groups in total. The Morgan fingerprint density at radius 3 is 3.05 bits per heavy atom. The lowest BCUT2D eigenvalue weighted by Crippen LogP contribution is -2.14. The van der Waals surface area contributed by atoms with E-state index < -0.39 is 0 Å². The molecule has 106 valence electrons. The van der Waals surface area contributed by atoms with Crippen molar-refractivity contribution in [1.29, 1.82) is 0 Å². The maximum Gasteiger partial charge on any atom is 0.128 e. The van der Waals surface area contributed by atoms with Crippen LogP contribution in [0.4, 0.5) is 0 Å². The van der Waals surface area contributed by atoms with Gasteiger partial charge in [0.1, 0.15) is 12.0 Å². The summed E-state index contributed by atoms with van der Waals surface area (Å²) in [5.74, 6) is 0.752. The smallest absolute Gasteiger partial charge is 0.128 e. The number of aromatic nitrogens is 1. The van der Waals surface area contributed by atoms with Crippen molar-refractivity contribution in [2.45, 2.75) is 31.7 Å². The number of aliphatic hydroxyl groups is 1. The minimum absolute atomic E-state index is 0.0579. The Balaban J connectivity index is 2.36. The summed E-state index contributed by atoms with van der Waals surface area (Å²) in [7, 11) is 1.66. The number of hydrogen-bond acceptors (Lipinski definition) is 3. The molecule has 0 amide bonds. The Bertz CT molecular complexity index is 645. The number of nitrogens with zero attached hydrogens (tertiary/aromatic N) is 1. The third-order valence-electron chi connectivity index (χ3n) is 4.21. The van der Waals surface area contributed by atoms with E-state index in [1.54, 1.807) is 7.11 Å². The topological polar surface area (TPSA) is 51.5 Å². The van der Waals surface area contributed by atoms with Crippen molar-refractivity contribution in [3.8, 4) is 5.75 Å². The number of carbonyl (C=O) groups is 1. The Kier molecular flexibility index (Phi) is 3.49. The first-order valence-corrected chi connectivity index (χ1v) is 7.06. The van der Waals surface area contributed by atoms with E-state index in [1.165, 1.54) is 5.69 Å². The summed E-state index contributed by atoms with van der Waals surface area (Å²) >= 11 is 0. The molecule has 1 aliphatic carbocycles. The van der Waals surface area contributed by atoms with Crippen molar-refractivity contribution in [3.05, 3.63) is 29.5 Å². The van der Waals surface area contributed by atoms with Crippen LogP contribution < -0.4 is 4.74 Å². The molecule has 4 heteroatoms. The molecule has 1 aromatic carbocycles. The summed E-state index contributed by atoms with van der Waals surface area (Å²) in [5.41, 5.74) is 3.34. The van der Waals surface area contributed by atoms with Crippen LogP contribution in [0.15, 0.2) is 18.2 Å². The number of aliphatic hydroxyl groups excluding tert-OH is 1. The van der Waals surface area contributed by atoms with Gasteiger partial charge >= 0.3 is 0 Å². The van der Waals surface area contributed by atoms with Crippen LogP contribution >= 0.6 is 0 Å². The van der Waals surface area contributed by atoms with Crippen molar-refractivity contribution in [2.75, 3.05) is 13.7 Å². The first kappa shape index (κ1) is 13.2. The fourth-order valence-electron chi connectivity index (χ4n) is 3.41. The van der Waals surface area contributed by atoms with Gasteiger partial charge in [0, 0.05) is 23.5 Å². The van der Waals surface area contributed by atoms with Gasteiger partial charge < -0.3 is 19.2 Å². The number of carbonyl (C=O) groups excluding carboxylic acids is 1. The fraction of sp³-hybridized carbons (Fsp3) is 0.438. The van der Waals surface area contributed by atoms with Crippen molar-refractivity contribution in [1.82, 2.24) is 4.57 Å². The van der Waals surface area contributed by atoms with Crippen LogP contribution in [0, 0.1) is 0 Å². The molecular formula is C16H19NO3. The zero-order valence-electron chi connectivity index (χ0n) is 11.6. The van der Waals surface area contributed by atoms with E-state index in [1.807, 2.05) is 18.2 Å². The molecule has 0 saturated heterocycles. The lowest BCUT2D eigenvalue weighted by molar-refractivity contribution is -0.109. The number of fused-ring (bicyclic) bond motifs is 3. The first-order valence-electron chi connectivity index (χ1n) is 7.06. The van der Waals surface area contributed by atoms with Gasteiger partial charge in [-0.1, -0.05) is 6.07 Å². The maximum absolute atomic E-state index is 11.4. The van der Waals surface area contributed by atoms with Crippen LogP contribution in [0.3, 0.4) is 0 Å². The zero-order valence-corrected chi connectivity index (χ0v) is 11.6. The highest BCUT2D eigenvalue weighted by Crippen LogP contribution is 2.42. The maximum atomic E-state index is 11.4. The molecule has 0 fully saturated rings. The van der Waals surface area contributed by atoms with E-state index in [-0.39, 0.29) is 12.5 Å². The van der Waals surface area contributed by atoms with E-state index in [2.05, 4.69) is 4.57 Å². The second-order valence-electron chi connectivity index (χ2n) is 5.22. The monoisotopic (exact) mass is 273 g/mol. The van der Waals surface area contributed by atoms with Gasteiger partial charge in [0.15, 0.2) is 0 Å². The van der Waals surface area contributed by atoms with Crippen LogP contribution in [0.5, 0.6) is 5.75 Å². The average Bonchev–Trinajstić information content (AvgIpc) is 2.82. The predicted octanol–water partition coefficient (Wildman–Crippen LogP) is 2.26. The molecule has 0 bridgehead atoms. The zero-order chi connectivity index (χ0) is 14.1. The van der Waals surface area contributed by atoms with Crippen LogP contribution in [-0.2, 0) is 17.8 Å². The minimum atomic E-state index is -0.0579. The van der Waals surface area contributed by atoms with E-state index in [0.29, 0.717) is 6.54 Å².